The van der Waals surface area contributed by atoms with Crippen LogP contribution >= 0.6 is 11.3 Å². The van der Waals surface area contributed by atoms with E-state index < -0.39 is 46.8 Å². The summed E-state index contributed by atoms with van der Waals surface area (Å²) in [5.74, 6) is -4.47. The van der Waals surface area contributed by atoms with Gasteiger partial charge in [-0.05, 0) is 31.3 Å². The zero-order valence-electron chi connectivity index (χ0n) is 19.8. The normalized spacial score (nSPS) is 14.9. The molecule has 202 valence electrons. The van der Waals surface area contributed by atoms with Gasteiger partial charge in [0.1, 0.15) is 11.6 Å². The quantitative estimate of drug-likeness (QED) is 0.429. The fraction of sp³-hybridized carbons (Fsp3) is 0.304. The molecule has 3 aromatic rings. The second-order valence-corrected chi connectivity index (χ2v) is 9.39. The predicted molar refractivity (Wildman–Crippen MR) is 128 cm³/mol. The Morgan fingerprint density at radius 1 is 1.03 bits per heavy atom. The van der Waals surface area contributed by atoms with Crippen molar-refractivity contribution >= 4 is 28.8 Å². The molecule has 0 spiro atoms. The van der Waals surface area contributed by atoms with Gasteiger partial charge in [0.15, 0.2) is 15.8 Å². The van der Waals surface area contributed by atoms with E-state index in [9.17, 15) is 31.5 Å². The van der Waals surface area contributed by atoms with E-state index in [1.54, 1.807) is 4.90 Å². The number of alkyl halides is 3. The average Bonchev–Trinajstić information content (AvgIpc) is 3.29. The molecule has 38 heavy (non-hydrogen) atoms. The smallest absolute Gasteiger partial charge is 0.404 e. The van der Waals surface area contributed by atoms with Crippen LogP contribution < -0.4 is 15.8 Å². The number of carbonyl (C=O) groups excluding carboxylic acids is 2. The van der Waals surface area contributed by atoms with E-state index in [0.29, 0.717) is 37.5 Å². The number of piperazine rings is 1. The molecule has 2 amide bonds. The highest BCUT2D eigenvalue weighted by Crippen LogP contribution is 2.43. The molecule has 0 unspecified atom stereocenters. The van der Waals surface area contributed by atoms with Crippen LogP contribution in [0, 0.1) is 11.6 Å². The lowest BCUT2D eigenvalue weighted by Gasteiger charge is -2.31. The van der Waals surface area contributed by atoms with Crippen molar-refractivity contribution in [3.8, 4) is 26.9 Å². The van der Waals surface area contributed by atoms with Gasteiger partial charge in [0.25, 0.3) is 0 Å². The largest absolute Gasteiger partial charge is 0.573 e. The first-order valence-corrected chi connectivity index (χ1v) is 12.0. The van der Waals surface area contributed by atoms with Gasteiger partial charge in [-0.15, -0.1) is 23.4 Å². The number of carbonyl (C=O) groups is 2. The molecule has 0 saturated carbocycles. The van der Waals surface area contributed by atoms with Gasteiger partial charge in [-0.25, -0.2) is 8.78 Å². The van der Waals surface area contributed by atoms with Crippen LogP contribution in [0.5, 0.6) is 5.75 Å². The van der Waals surface area contributed by atoms with Gasteiger partial charge in [0, 0.05) is 26.2 Å². The van der Waals surface area contributed by atoms with E-state index in [2.05, 4.69) is 25.2 Å². The number of likely N-dealkylation sites (N-methyl/N-ethyl adjacent to an activating group) is 1. The summed E-state index contributed by atoms with van der Waals surface area (Å²) in [6.45, 7) is 2.34. The maximum atomic E-state index is 14.3. The van der Waals surface area contributed by atoms with Gasteiger partial charge in [-0.2, -0.15) is 0 Å². The molecule has 0 bridgehead atoms. The van der Waals surface area contributed by atoms with Crippen molar-refractivity contribution in [3.63, 3.8) is 0 Å². The molecule has 1 fully saturated rings. The van der Waals surface area contributed by atoms with Crippen molar-refractivity contribution in [2.24, 2.45) is 5.73 Å². The van der Waals surface area contributed by atoms with Gasteiger partial charge < -0.3 is 20.7 Å². The molecular weight excluding hydrogens is 535 g/mol. The van der Waals surface area contributed by atoms with E-state index in [4.69, 9.17) is 5.73 Å². The number of primary amides is 1. The summed E-state index contributed by atoms with van der Waals surface area (Å²) in [5.41, 5.74) is 3.78. The molecule has 0 radical (unpaired) electrons. The molecule has 1 aliphatic rings. The molecule has 2 heterocycles. The van der Waals surface area contributed by atoms with Crippen LogP contribution in [0.4, 0.5) is 27.6 Å². The number of amides is 2. The van der Waals surface area contributed by atoms with Crippen molar-refractivity contribution in [3.05, 3.63) is 47.5 Å². The van der Waals surface area contributed by atoms with Gasteiger partial charge in [-0.3, -0.25) is 14.5 Å². The molecule has 0 atom stereocenters. The fourth-order valence-corrected chi connectivity index (χ4v) is 4.82. The maximum absolute atomic E-state index is 14.3. The van der Waals surface area contributed by atoms with E-state index in [0.717, 1.165) is 30.3 Å². The van der Waals surface area contributed by atoms with E-state index in [1.165, 1.54) is 0 Å². The molecule has 3 N–H and O–H groups in total. The standard InChI is InChI=1S/C23H21F5N6O3S/c1-33-7-9-34(10-8-33)11-16(35)30-19-15(37-23(26,27)28)6-5-12(20(29)36)17(19)21-31-32-22(38-21)18-13(24)3-2-4-14(18)25/h2-6H,7-11H2,1H3,(H2,29,36)(H,30,35). The van der Waals surface area contributed by atoms with Gasteiger partial charge in [0.05, 0.1) is 28.9 Å². The van der Waals surface area contributed by atoms with Crippen LogP contribution in [-0.4, -0.2) is 77.9 Å². The number of halogens is 5. The molecular formula is C23H21F5N6O3S. The van der Waals surface area contributed by atoms with Crippen LogP contribution in [0.2, 0.25) is 0 Å². The number of nitrogens with zero attached hydrogens (tertiary/aromatic N) is 4. The number of benzene rings is 2. The lowest BCUT2D eigenvalue weighted by molar-refractivity contribution is -0.274. The summed E-state index contributed by atoms with van der Waals surface area (Å²) < 4.78 is 72.4. The van der Waals surface area contributed by atoms with Crippen LogP contribution in [-0.2, 0) is 4.79 Å². The Morgan fingerprint density at radius 3 is 2.21 bits per heavy atom. The van der Waals surface area contributed by atoms with E-state index >= 15 is 0 Å². The minimum atomic E-state index is -5.15. The third-order valence-electron chi connectivity index (χ3n) is 5.70. The van der Waals surface area contributed by atoms with Gasteiger partial charge in [0.2, 0.25) is 11.8 Å². The number of rotatable bonds is 7. The van der Waals surface area contributed by atoms with Gasteiger partial charge >= 0.3 is 6.36 Å². The number of nitrogens with two attached hydrogens (primary N) is 1. The predicted octanol–water partition coefficient (Wildman–Crippen LogP) is 3.33. The zero-order valence-corrected chi connectivity index (χ0v) is 20.6. The monoisotopic (exact) mass is 556 g/mol. The first kappa shape index (κ1) is 27.3. The Kier molecular flexibility index (Phi) is 7.89. The van der Waals surface area contributed by atoms with Crippen molar-refractivity contribution in [2.45, 2.75) is 6.36 Å². The van der Waals surface area contributed by atoms with Crippen molar-refractivity contribution < 1.29 is 36.3 Å². The highest BCUT2D eigenvalue weighted by atomic mass is 32.1. The van der Waals surface area contributed by atoms with E-state index in [1.807, 2.05) is 7.05 Å². The Hall–Kier alpha value is -3.69. The molecule has 1 saturated heterocycles. The number of hydrogen-bond acceptors (Lipinski definition) is 8. The number of anilines is 1. The second-order valence-electron chi connectivity index (χ2n) is 8.41. The van der Waals surface area contributed by atoms with Crippen LogP contribution in [0.3, 0.4) is 0 Å². The minimum absolute atomic E-state index is 0.151. The molecule has 9 nitrogen and oxygen atoms in total. The molecule has 4 rings (SSSR count). The number of ether oxygens (including phenoxy) is 1. The lowest BCUT2D eigenvalue weighted by atomic mass is 10.0. The number of aromatic nitrogens is 2. The third-order valence-corrected chi connectivity index (χ3v) is 6.66. The average molecular weight is 557 g/mol. The van der Waals surface area contributed by atoms with Crippen LogP contribution in [0.1, 0.15) is 10.4 Å². The molecule has 1 aromatic heterocycles. The SMILES string of the molecule is CN1CCN(CC(=O)Nc2c(OC(F)(F)F)ccc(C(N)=O)c2-c2nnc(-c3c(F)cccc3F)s2)CC1. The van der Waals surface area contributed by atoms with Gasteiger partial charge in [-0.1, -0.05) is 17.4 Å². The van der Waals surface area contributed by atoms with Crippen LogP contribution in [0.15, 0.2) is 30.3 Å². The lowest BCUT2D eigenvalue weighted by Crippen LogP contribution is -2.47. The first-order valence-electron chi connectivity index (χ1n) is 11.1. The van der Waals surface area contributed by atoms with Crippen molar-refractivity contribution in [1.29, 1.82) is 0 Å². The second kappa shape index (κ2) is 11.0. The highest BCUT2D eigenvalue weighted by Gasteiger charge is 2.35. The Bertz CT molecular complexity index is 1340. The minimum Gasteiger partial charge on any atom is -0.404 e. The van der Waals surface area contributed by atoms with E-state index in [-0.39, 0.29) is 27.7 Å². The molecule has 0 aliphatic carbocycles. The number of hydrogen-bond donors (Lipinski definition) is 2. The summed E-state index contributed by atoms with van der Waals surface area (Å²) in [6, 6.07) is 4.94. The first-order chi connectivity index (χ1) is 17.9. The summed E-state index contributed by atoms with van der Waals surface area (Å²) in [7, 11) is 1.92. The molecule has 2 aromatic carbocycles. The van der Waals surface area contributed by atoms with Crippen LogP contribution in [0.25, 0.3) is 21.1 Å². The summed E-state index contributed by atoms with van der Waals surface area (Å²) >= 11 is 0.589. The summed E-state index contributed by atoms with van der Waals surface area (Å²) in [5, 5.41) is 9.52. The third kappa shape index (κ3) is 6.23. The Balaban J connectivity index is 1.79. The van der Waals surface area contributed by atoms with Crippen molar-refractivity contribution in [1.82, 2.24) is 20.0 Å². The Morgan fingerprint density at radius 2 is 1.63 bits per heavy atom. The zero-order chi connectivity index (χ0) is 27.6. The highest BCUT2D eigenvalue weighted by molar-refractivity contribution is 7.18. The maximum Gasteiger partial charge on any atom is 0.573 e. The molecule has 15 heteroatoms. The number of nitrogens with one attached hydrogen (secondary N) is 1. The van der Waals surface area contributed by atoms with Crippen molar-refractivity contribution in [2.75, 3.05) is 45.1 Å². The fourth-order valence-electron chi connectivity index (χ4n) is 3.86. The summed E-state index contributed by atoms with van der Waals surface area (Å²) in [4.78, 5) is 29.0. The summed E-state index contributed by atoms with van der Waals surface area (Å²) in [6.07, 6.45) is -5.15. The topological polar surface area (TPSA) is 114 Å². The Labute approximate surface area is 217 Å². The molecule has 1 aliphatic heterocycles.